The summed E-state index contributed by atoms with van der Waals surface area (Å²) < 4.78 is 12.3. The zero-order valence-corrected chi connectivity index (χ0v) is 13.3. The van der Waals surface area contributed by atoms with Gasteiger partial charge in [-0.2, -0.15) is 0 Å². The Labute approximate surface area is 126 Å². The topological polar surface area (TPSA) is 55.8 Å². The van der Waals surface area contributed by atoms with E-state index in [2.05, 4.69) is 20.8 Å². The fraction of sp³-hybridized carbons (Fsp3) is 0.562. The minimum absolute atomic E-state index is 0.00536. The molecule has 4 nitrogen and oxygen atoms in total. The number of rotatable bonds is 4. The van der Waals surface area contributed by atoms with E-state index in [1.807, 2.05) is 32.0 Å². The summed E-state index contributed by atoms with van der Waals surface area (Å²) in [4.78, 5) is 10.8. The minimum Gasteiger partial charge on any atom is -0.481 e. The van der Waals surface area contributed by atoms with Crippen molar-refractivity contribution < 1.29 is 19.2 Å². The van der Waals surface area contributed by atoms with E-state index in [9.17, 15) is 4.79 Å². The highest BCUT2D eigenvalue weighted by atomic mass is 16.7. The predicted octanol–water partition coefficient (Wildman–Crippen LogP) is 2.25. The van der Waals surface area contributed by atoms with Crippen molar-refractivity contribution in [3.8, 4) is 0 Å². The second kappa shape index (κ2) is 5.46. The fourth-order valence-electron chi connectivity index (χ4n) is 2.76. The van der Waals surface area contributed by atoms with Gasteiger partial charge in [0, 0.05) is 0 Å². The molecule has 0 bridgehead atoms. The third-order valence-corrected chi connectivity index (χ3v) is 4.63. The van der Waals surface area contributed by atoms with Crippen LogP contribution >= 0.6 is 0 Å². The zero-order chi connectivity index (χ0) is 15.8. The van der Waals surface area contributed by atoms with Gasteiger partial charge in [-0.15, -0.1) is 0 Å². The van der Waals surface area contributed by atoms with Crippen molar-refractivity contribution in [2.75, 3.05) is 0 Å². The summed E-state index contributed by atoms with van der Waals surface area (Å²) in [6.45, 7) is 10.4. The molecule has 0 spiro atoms. The number of benzene rings is 1. The summed E-state index contributed by atoms with van der Waals surface area (Å²) in [6.07, 6.45) is 0.00536. The molecule has 0 amide bonds. The molecule has 5 heteroatoms. The van der Waals surface area contributed by atoms with Crippen molar-refractivity contribution in [2.45, 2.75) is 52.2 Å². The minimum atomic E-state index is -0.840. The predicted molar refractivity (Wildman–Crippen MR) is 82.7 cm³/mol. The van der Waals surface area contributed by atoms with E-state index < -0.39 is 18.7 Å². The van der Waals surface area contributed by atoms with Gasteiger partial charge in [0.25, 0.3) is 0 Å². The van der Waals surface area contributed by atoms with Gasteiger partial charge in [-0.1, -0.05) is 38.1 Å². The Kier molecular flexibility index (Phi) is 4.18. The van der Waals surface area contributed by atoms with Crippen LogP contribution in [0.25, 0.3) is 0 Å². The van der Waals surface area contributed by atoms with Crippen molar-refractivity contribution in [3.63, 3.8) is 0 Å². The lowest BCUT2D eigenvalue weighted by molar-refractivity contribution is -0.136. The maximum atomic E-state index is 10.8. The Morgan fingerprint density at radius 2 is 1.95 bits per heavy atom. The molecule has 1 fully saturated rings. The smallest absolute Gasteiger partial charge is 0.481 e. The molecule has 1 aromatic rings. The van der Waals surface area contributed by atoms with E-state index in [4.69, 9.17) is 14.4 Å². The van der Waals surface area contributed by atoms with Crippen LogP contribution in [0.5, 0.6) is 0 Å². The van der Waals surface area contributed by atoms with Crippen LogP contribution in [0.3, 0.4) is 0 Å². The molecular formula is C16H23BO4. The molecule has 1 heterocycles. The molecule has 114 valence electrons. The van der Waals surface area contributed by atoms with Crippen LogP contribution in [0.15, 0.2) is 24.3 Å². The molecule has 1 aromatic carbocycles. The van der Waals surface area contributed by atoms with Gasteiger partial charge in [-0.05, 0) is 37.7 Å². The first-order chi connectivity index (χ1) is 9.65. The number of aliphatic carboxylic acids is 1. The maximum absolute atomic E-state index is 10.8. The van der Waals surface area contributed by atoms with Gasteiger partial charge in [0.15, 0.2) is 0 Å². The molecule has 0 radical (unpaired) electrons. The first kappa shape index (κ1) is 16.1. The summed E-state index contributed by atoms with van der Waals surface area (Å²) in [5, 5.41) is 8.90. The van der Waals surface area contributed by atoms with E-state index in [0.29, 0.717) is 5.92 Å². The molecule has 1 unspecified atom stereocenters. The van der Waals surface area contributed by atoms with Gasteiger partial charge in [0.05, 0.1) is 17.6 Å². The van der Waals surface area contributed by atoms with Crippen LogP contribution in [-0.2, 0) is 20.5 Å². The standard InChI is InChI=1S/C16H23BO4/c1-11(2)16(5)15(3,4)20-17(21-16)13-8-6-7-12(9-13)10-14(18)19/h6-9,11H,10H2,1-5H3,(H,18,19). The molecule has 1 saturated heterocycles. The largest absolute Gasteiger partial charge is 0.494 e. The Bertz CT molecular complexity index is 541. The molecule has 1 atom stereocenters. The van der Waals surface area contributed by atoms with E-state index >= 15 is 0 Å². The van der Waals surface area contributed by atoms with Gasteiger partial charge >= 0.3 is 13.1 Å². The Morgan fingerprint density at radius 1 is 1.29 bits per heavy atom. The summed E-state index contributed by atoms with van der Waals surface area (Å²) in [5.41, 5.74) is 0.823. The molecule has 1 N–H and O–H groups in total. The summed E-state index contributed by atoms with van der Waals surface area (Å²) >= 11 is 0. The summed E-state index contributed by atoms with van der Waals surface area (Å²) in [7, 11) is -0.457. The van der Waals surface area contributed by atoms with Crippen LogP contribution in [0.2, 0.25) is 0 Å². The van der Waals surface area contributed by atoms with Gasteiger partial charge < -0.3 is 14.4 Å². The van der Waals surface area contributed by atoms with Crippen LogP contribution in [0.4, 0.5) is 0 Å². The third-order valence-electron chi connectivity index (χ3n) is 4.63. The van der Waals surface area contributed by atoms with Crippen LogP contribution in [0, 0.1) is 5.92 Å². The second-order valence-corrected chi connectivity index (χ2v) is 6.66. The van der Waals surface area contributed by atoms with E-state index in [0.717, 1.165) is 11.0 Å². The zero-order valence-electron chi connectivity index (χ0n) is 13.3. The maximum Gasteiger partial charge on any atom is 0.494 e. The molecular weight excluding hydrogens is 267 g/mol. The third kappa shape index (κ3) is 2.99. The van der Waals surface area contributed by atoms with Gasteiger partial charge in [-0.3, -0.25) is 4.79 Å². The lowest BCUT2D eigenvalue weighted by Gasteiger charge is -2.39. The van der Waals surface area contributed by atoms with E-state index in [-0.39, 0.29) is 12.0 Å². The number of carbonyl (C=O) groups is 1. The lowest BCUT2D eigenvalue weighted by atomic mass is 9.77. The van der Waals surface area contributed by atoms with Crippen molar-refractivity contribution in [1.82, 2.24) is 0 Å². The van der Waals surface area contributed by atoms with Gasteiger partial charge in [-0.25, -0.2) is 0 Å². The molecule has 0 aromatic heterocycles. The highest BCUT2D eigenvalue weighted by Gasteiger charge is 2.55. The van der Waals surface area contributed by atoms with Crippen LogP contribution in [-0.4, -0.2) is 29.4 Å². The average Bonchev–Trinajstić information content (AvgIpc) is 2.61. The quantitative estimate of drug-likeness (QED) is 0.864. The average molecular weight is 290 g/mol. The molecule has 0 saturated carbocycles. The number of hydrogen-bond donors (Lipinski definition) is 1. The van der Waals surface area contributed by atoms with Crippen molar-refractivity contribution >= 4 is 18.6 Å². The van der Waals surface area contributed by atoms with E-state index in [1.54, 1.807) is 6.07 Å². The van der Waals surface area contributed by atoms with Crippen LogP contribution in [0.1, 0.15) is 40.2 Å². The first-order valence-corrected chi connectivity index (χ1v) is 7.32. The van der Waals surface area contributed by atoms with Crippen molar-refractivity contribution in [1.29, 1.82) is 0 Å². The first-order valence-electron chi connectivity index (χ1n) is 7.32. The highest BCUT2D eigenvalue weighted by molar-refractivity contribution is 6.62. The lowest BCUT2D eigenvalue weighted by Crippen LogP contribution is -2.48. The normalized spacial score (nSPS) is 24.6. The monoisotopic (exact) mass is 290 g/mol. The van der Waals surface area contributed by atoms with Crippen LogP contribution < -0.4 is 5.46 Å². The second-order valence-electron chi connectivity index (χ2n) is 6.66. The highest BCUT2D eigenvalue weighted by Crippen LogP contribution is 2.42. The van der Waals surface area contributed by atoms with Crippen molar-refractivity contribution in [3.05, 3.63) is 29.8 Å². The molecule has 21 heavy (non-hydrogen) atoms. The summed E-state index contributed by atoms with van der Waals surface area (Å²) in [6, 6.07) is 7.41. The Balaban J connectivity index is 2.27. The SMILES string of the molecule is CC(C)C1(C)OB(c2cccc(CC(=O)O)c2)OC1(C)C. The van der Waals surface area contributed by atoms with E-state index in [1.165, 1.54) is 0 Å². The molecule has 0 aliphatic carbocycles. The fourth-order valence-corrected chi connectivity index (χ4v) is 2.76. The number of carboxylic acids is 1. The van der Waals surface area contributed by atoms with Gasteiger partial charge in [0.2, 0.25) is 0 Å². The summed E-state index contributed by atoms with van der Waals surface area (Å²) in [5.74, 6) is -0.535. The van der Waals surface area contributed by atoms with Gasteiger partial charge in [0.1, 0.15) is 0 Å². The number of hydrogen-bond acceptors (Lipinski definition) is 3. The van der Waals surface area contributed by atoms with Crippen molar-refractivity contribution in [2.24, 2.45) is 5.92 Å². The Morgan fingerprint density at radius 3 is 2.48 bits per heavy atom. The molecule has 2 rings (SSSR count). The molecule has 1 aliphatic rings. The Hall–Kier alpha value is -1.33. The molecule has 1 aliphatic heterocycles. The number of carboxylic acid groups (broad SMARTS) is 1.